The molecule has 12 aromatic rings. The van der Waals surface area contributed by atoms with Crippen LogP contribution >= 0.6 is 22.7 Å². The van der Waals surface area contributed by atoms with Crippen LogP contribution in [0.1, 0.15) is 48.0 Å². The summed E-state index contributed by atoms with van der Waals surface area (Å²) in [5.74, 6) is 0. The van der Waals surface area contributed by atoms with Crippen molar-refractivity contribution in [3.05, 3.63) is 211 Å². The molecule has 0 spiro atoms. The smallest absolute Gasteiger partial charge is 0.0645 e. The zero-order valence-corrected chi connectivity index (χ0v) is 30.9. The van der Waals surface area contributed by atoms with Crippen molar-refractivity contribution in [2.45, 2.75) is 0 Å². The van der Waals surface area contributed by atoms with Gasteiger partial charge in [-0.1, -0.05) is 151 Å². The Morgan fingerprint density at radius 3 is 1.73 bits per heavy atom. The molecule has 276 valence electrons. The van der Waals surface area contributed by atoms with E-state index in [1.807, 2.05) is 0 Å². The van der Waals surface area contributed by atoms with Gasteiger partial charge in [0.25, 0.3) is 0 Å². The summed E-state index contributed by atoms with van der Waals surface area (Å²) >= 11 is 1.02. The Hall–Kier alpha value is -7.04. The minimum atomic E-state index is -1.32. The van der Waals surface area contributed by atoms with E-state index in [-0.39, 0.29) is 20.2 Å². The summed E-state index contributed by atoms with van der Waals surface area (Å²) in [6.45, 7) is 0. The molecule has 0 aliphatic heterocycles. The van der Waals surface area contributed by atoms with Gasteiger partial charge < -0.3 is 4.90 Å². The van der Waals surface area contributed by atoms with Gasteiger partial charge in [-0.2, -0.15) is 0 Å². The Balaban J connectivity index is 1.28. The van der Waals surface area contributed by atoms with Crippen LogP contribution in [0.15, 0.2) is 211 Å². The van der Waals surface area contributed by atoms with Crippen LogP contribution in [0.5, 0.6) is 0 Å². The van der Waals surface area contributed by atoms with Crippen LogP contribution in [0.25, 0.3) is 95.3 Å². The zero-order chi connectivity index (χ0) is 69.3. The maximum atomic E-state index is 10.2. The fourth-order valence-electron chi connectivity index (χ4n) is 6.84. The number of para-hydroxylation sites is 1. The second-order valence-electron chi connectivity index (χ2n) is 12.5. The van der Waals surface area contributed by atoms with Crippen LogP contribution in [-0.2, 0) is 0 Å². The summed E-state index contributed by atoms with van der Waals surface area (Å²) in [6, 6.07) is -34.6. The first-order valence-corrected chi connectivity index (χ1v) is 18.9. The van der Waals surface area contributed by atoms with Gasteiger partial charge in [0, 0.05) is 51.7 Å². The molecule has 0 unspecified atom stereocenters. The van der Waals surface area contributed by atoms with E-state index in [4.69, 9.17) is 26.0 Å². The van der Waals surface area contributed by atoms with Crippen molar-refractivity contribution in [3.63, 3.8) is 0 Å². The lowest BCUT2D eigenvalue weighted by Crippen LogP contribution is -2.10. The fourth-order valence-corrected chi connectivity index (χ4v) is 8.92. The van der Waals surface area contributed by atoms with Gasteiger partial charge in [-0.25, -0.2) is 0 Å². The molecule has 2 heterocycles. The highest BCUT2D eigenvalue weighted by atomic mass is 32.1. The van der Waals surface area contributed by atoms with Crippen LogP contribution in [0.3, 0.4) is 0 Å². The van der Waals surface area contributed by atoms with Crippen molar-refractivity contribution in [1.82, 2.24) is 0 Å². The third kappa shape index (κ3) is 5.58. The highest BCUT2D eigenvalue weighted by Crippen LogP contribution is 2.49. The molecule has 0 aliphatic rings. The Labute approximate surface area is 399 Å². The molecule has 0 bridgehead atoms. The van der Waals surface area contributed by atoms with Crippen LogP contribution in [0, 0.1) is 0 Å². The third-order valence-corrected chi connectivity index (χ3v) is 11.5. The van der Waals surface area contributed by atoms with E-state index < -0.39 is 304 Å². The molecule has 1 nitrogen and oxygen atoms in total. The molecular formula is C56H35NS2. The van der Waals surface area contributed by atoms with E-state index in [0.29, 0.717) is 27.6 Å². The van der Waals surface area contributed by atoms with E-state index in [2.05, 4.69) is 0 Å². The Morgan fingerprint density at radius 1 is 0.339 bits per heavy atom. The molecule has 0 N–H and O–H groups in total. The Morgan fingerprint density at radius 2 is 0.932 bits per heavy atom. The molecule has 2 aromatic heterocycles. The minimum Gasteiger partial charge on any atom is -0.310 e. The predicted octanol–water partition coefficient (Wildman–Crippen LogP) is 17.2. The van der Waals surface area contributed by atoms with Gasteiger partial charge in [0.15, 0.2) is 0 Å². The average Bonchev–Trinajstić information content (AvgIpc) is 0.990. The van der Waals surface area contributed by atoms with Crippen molar-refractivity contribution in [2.75, 3.05) is 4.90 Å². The quantitative estimate of drug-likeness (QED) is 0.151. The Kier molecular flexibility index (Phi) is 3.29. The second-order valence-corrected chi connectivity index (χ2v) is 14.6. The lowest BCUT2D eigenvalue weighted by Gasteiger charge is -2.27. The normalized spacial score (nSPS) is 20.0. The number of benzene rings is 10. The first kappa shape index (κ1) is 14.1. The second kappa shape index (κ2) is 13.8. The maximum absolute atomic E-state index is 10.2. The Bertz CT molecular complexity index is 5580. The van der Waals surface area contributed by atoms with Gasteiger partial charge in [-0.3, -0.25) is 0 Å². The molecule has 3 heteroatoms. The molecule has 0 saturated carbocycles. The van der Waals surface area contributed by atoms with Crippen LogP contribution in [0.4, 0.5) is 17.1 Å². The molecular weight excluding hydrogens is 751 g/mol. The summed E-state index contributed by atoms with van der Waals surface area (Å²) in [7, 11) is 0. The van der Waals surface area contributed by atoms with E-state index in [9.17, 15) is 21.9 Å². The monoisotopic (exact) mass is 820 g/mol. The van der Waals surface area contributed by atoms with Crippen LogP contribution in [-0.4, -0.2) is 0 Å². The van der Waals surface area contributed by atoms with Gasteiger partial charge in [-0.05, 0) is 115 Å². The molecule has 12 rings (SSSR count). The average molecular weight is 821 g/mol. The van der Waals surface area contributed by atoms with Gasteiger partial charge in [-0.15, -0.1) is 22.7 Å². The highest BCUT2D eigenvalue weighted by molar-refractivity contribution is 7.26. The molecule has 0 fully saturated rings. The van der Waals surface area contributed by atoms with Crippen LogP contribution in [0.2, 0.25) is 0 Å². The van der Waals surface area contributed by atoms with Crippen molar-refractivity contribution in [3.8, 4) is 33.4 Å². The molecule has 0 atom stereocenters. The molecule has 59 heavy (non-hydrogen) atoms. The molecule has 0 amide bonds. The molecule has 10 aromatic carbocycles. The van der Waals surface area contributed by atoms with E-state index in [0.717, 1.165) is 0 Å². The van der Waals surface area contributed by atoms with Crippen molar-refractivity contribution in [2.24, 2.45) is 0 Å². The topological polar surface area (TPSA) is 3.24 Å². The highest BCUT2D eigenvalue weighted by Gasteiger charge is 2.22. The lowest BCUT2D eigenvalue weighted by atomic mass is 9.93. The largest absolute Gasteiger partial charge is 0.310 e. The van der Waals surface area contributed by atoms with Crippen molar-refractivity contribution >= 4 is 102 Å². The summed E-state index contributed by atoms with van der Waals surface area (Å²) in [5.41, 5.74) is -8.12. The SMILES string of the molecule is [2H]c1c([2H])c([2H])c(N(c2c([2H])c([2H])c(-c3c([2H])c4c([2H])c([2H])c([2H])c([2H])c4c4c([2H])c([2H])c([2H])c([2H])c34)c([2H])c2[2H])c2c([2H])c([2H])c(-c3c([2H])c([2H])c([2H])c(-c4c([2H])c([2H])c([2H])c5sc6c([2H])c([2H])c([2H])c([2H])c6c45)c3[2H])c3sc4c([2H])c([2H])c([2H])c([2H])c4c23)c([2H])c1[2H]. The van der Waals surface area contributed by atoms with Crippen LogP contribution < -0.4 is 4.90 Å². The van der Waals surface area contributed by atoms with E-state index >= 15 is 0 Å². The van der Waals surface area contributed by atoms with E-state index in [1.54, 1.807) is 0 Å². The molecule has 0 aliphatic carbocycles. The first-order chi connectivity index (χ1) is 43.8. The standard InChI is InChI=1S/C56H35NS2/c1-2-17-40(18-3-1)57(41-30-28-36(29-31-41)49-35-39-14-4-5-19-42(39)45-20-6-7-21-46(45)49)50-33-32-44(56-55(50)48-23-9-11-26-52(48)59-56)38-16-12-15-37(34-38)43-24-13-27-53-54(43)47-22-8-10-25-51(47)58-53/h1-35H/i1D,2D,3D,4D,5D,6D,7D,8D,9D,10D,11D,12D,13D,14D,15D,16D,17D,18D,19D,20D,21D,22D,23D,24D,25D,26D,27D,28D,29D,30D,31D,32D,33D,34D,35D. The van der Waals surface area contributed by atoms with Gasteiger partial charge in [0.2, 0.25) is 0 Å². The summed E-state index contributed by atoms with van der Waals surface area (Å²) in [5, 5.41) is -4.60. The molecule has 0 radical (unpaired) electrons. The van der Waals surface area contributed by atoms with Gasteiger partial charge >= 0.3 is 0 Å². The summed E-state index contributed by atoms with van der Waals surface area (Å²) in [6.07, 6.45) is 0. The van der Waals surface area contributed by atoms with Crippen molar-refractivity contribution in [1.29, 1.82) is 0 Å². The fraction of sp³-hybridized carbons (Fsp3) is 0. The zero-order valence-electron chi connectivity index (χ0n) is 64.3. The van der Waals surface area contributed by atoms with Crippen molar-refractivity contribution < 1.29 is 48.0 Å². The summed E-state index contributed by atoms with van der Waals surface area (Å²) < 4.78 is 320. The number of hydrogen-bond acceptors (Lipinski definition) is 3. The predicted molar refractivity (Wildman–Crippen MR) is 258 cm³/mol. The minimum absolute atomic E-state index is 0.172. The van der Waals surface area contributed by atoms with Gasteiger partial charge in [0.05, 0.1) is 53.7 Å². The number of hydrogen-bond donors (Lipinski definition) is 0. The number of nitrogens with zero attached hydrogens (tertiary/aromatic N) is 1. The molecule has 0 saturated heterocycles. The maximum Gasteiger partial charge on any atom is 0.0645 e. The van der Waals surface area contributed by atoms with E-state index in [1.165, 1.54) is 0 Å². The number of thiophene rings is 2. The summed E-state index contributed by atoms with van der Waals surface area (Å²) in [4.78, 5) is 0.426. The lowest BCUT2D eigenvalue weighted by molar-refractivity contribution is 1.30. The number of anilines is 3. The first-order valence-electron chi connectivity index (χ1n) is 34.7. The third-order valence-electron chi connectivity index (χ3n) is 9.32. The van der Waals surface area contributed by atoms with Gasteiger partial charge in [0.1, 0.15) is 0 Å². The number of rotatable bonds is 6. The number of fused-ring (bicyclic) bond motifs is 9.